The van der Waals surface area contributed by atoms with Crippen LogP contribution in [0.25, 0.3) is 0 Å². The molecule has 1 unspecified atom stereocenters. The fourth-order valence-electron chi connectivity index (χ4n) is 2.47. The Kier molecular flexibility index (Phi) is 7.60. The Bertz CT molecular complexity index is 378. The molecule has 0 bridgehead atoms. The first kappa shape index (κ1) is 18.9. The molecule has 0 aliphatic carbocycles. The van der Waals surface area contributed by atoms with Crippen molar-refractivity contribution in [1.82, 2.24) is 13.9 Å². The molecule has 1 heterocycles. The molecule has 1 fully saturated rings. The van der Waals surface area contributed by atoms with E-state index in [1.54, 1.807) is 15.7 Å². The highest BCUT2D eigenvalue weighted by Gasteiger charge is 2.33. The minimum Gasteiger partial charge on any atom is -0.315 e. The van der Waals surface area contributed by atoms with E-state index in [9.17, 15) is 8.42 Å². The second-order valence-electron chi connectivity index (χ2n) is 6.93. The fourth-order valence-corrected chi connectivity index (χ4v) is 4.06. The summed E-state index contributed by atoms with van der Waals surface area (Å²) in [6, 6.07) is 0.0931. The molecular weight excluding hydrogens is 286 g/mol. The van der Waals surface area contributed by atoms with Crippen LogP contribution in [-0.4, -0.2) is 56.3 Å². The molecule has 5 nitrogen and oxygen atoms in total. The van der Waals surface area contributed by atoms with Gasteiger partial charge in [0.25, 0.3) is 10.2 Å². The van der Waals surface area contributed by atoms with Gasteiger partial charge in [0.2, 0.25) is 0 Å². The Morgan fingerprint density at radius 1 is 1.10 bits per heavy atom. The first-order chi connectivity index (χ1) is 9.75. The molecule has 6 heteroatoms. The van der Waals surface area contributed by atoms with Crippen LogP contribution in [0.15, 0.2) is 0 Å². The molecule has 0 aromatic carbocycles. The van der Waals surface area contributed by atoms with Crippen molar-refractivity contribution in [1.29, 1.82) is 0 Å². The third kappa shape index (κ3) is 5.85. The molecule has 1 rings (SSSR count). The van der Waals surface area contributed by atoms with Crippen LogP contribution in [0.2, 0.25) is 0 Å². The fraction of sp³-hybridized carbons (Fsp3) is 1.00. The summed E-state index contributed by atoms with van der Waals surface area (Å²) < 4.78 is 29.0. The monoisotopic (exact) mass is 319 g/mol. The molecule has 0 radical (unpaired) electrons. The third-order valence-electron chi connectivity index (χ3n) is 4.15. The van der Waals surface area contributed by atoms with Crippen LogP contribution < -0.4 is 5.32 Å². The molecule has 126 valence electrons. The highest BCUT2D eigenvalue weighted by atomic mass is 32.2. The lowest BCUT2D eigenvalue weighted by Crippen LogP contribution is -2.48. The molecule has 1 aliphatic heterocycles. The standard InChI is InChI=1S/C15H33N3O2S/c1-13(2)7-10-18(11-8-14(3)4)21(19,20)17(5)15-6-9-16-12-15/h13-16H,6-12H2,1-5H3. The van der Waals surface area contributed by atoms with Gasteiger partial charge in [-0.05, 0) is 37.6 Å². The smallest absolute Gasteiger partial charge is 0.282 e. The van der Waals surface area contributed by atoms with Gasteiger partial charge in [0, 0.05) is 32.7 Å². The van der Waals surface area contributed by atoms with Gasteiger partial charge in [-0.3, -0.25) is 0 Å². The lowest BCUT2D eigenvalue weighted by Gasteiger charge is -2.31. The van der Waals surface area contributed by atoms with Crippen molar-refractivity contribution < 1.29 is 8.42 Å². The summed E-state index contributed by atoms with van der Waals surface area (Å²) in [6.45, 7) is 11.5. The lowest BCUT2D eigenvalue weighted by molar-refractivity contribution is 0.303. The van der Waals surface area contributed by atoms with E-state index in [1.165, 1.54) is 0 Å². The van der Waals surface area contributed by atoms with Crippen LogP contribution >= 0.6 is 0 Å². The van der Waals surface area contributed by atoms with Crippen LogP contribution in [0.4, 0.5) is 0 Å². The average molecular weight is 320 g/mol. The summed E-state index contributed by atoms with van der Waals surface area (Å²) in [5.41, 5.74) is 0. The van der Waals surface area contributed by atoms with E-state index in [1.807, 2.05) is 0 Å². The minimum absolute atomic E-state index is 0.0931. The predicted octanol–water partition coefficient (Wildman–Crippen LogP) is 1.92. The van der Waals surface area contributed by atoms with E-state index in [0.717, 1.165) is 32.4 Å². The van der Waals surface area contributed by atoms with E-state index in [-0.39, 0.29) is 6.04 Å². The zero-order valence-corrected chi connectivity index (χ0v) is 15.1. The van der Waals surface area contributed by atoms with Gasteiger partial charge in [-0.1, -0.05) is 27.7 Å². The van der Waals surface area contributed by atoms with Gasteiger partial charge in [-0.15, -0.1) is 0 Å². The molecule has 1 aliphatic rings. The van der Waals surface area contributed by atoms with Gasteiger partial charge in [0.05, 0.1) is 0 Å². The third-order valence-corrected chi connectivity index (χ3v) is 6.19. The summed E-state index contributed by atoms with van der Waals surface area (Å²) in [5.74, 6) is 1.03. The maximum absolute atomic E-state index is 12.9. The normalized spacial score (nSPS) is 20.3. The molecule has 1 atom stereocenters. The molecule has 0 aromatic heterocycles. The molecule has 0 amide bonds. The molecule has 0 aromatic rings. The number of likely N-dealkylation sites (N-methyl/N-ethyl adjacent to an activating group) is 1. The zero-order valence-electron chi connectivity index (χ0n) is 14.3. The van der Waals surface area contributed by atoms with Crippen molar-refractivity contribution in [2.24, 2.45) is 11.8 Å². The first-order valence-corrected chi connectivity index (χ1v) is 9.58. The maximum atomic E-state index is 12.9. The Labute approximate surface area is 131 Å². The van der Waals surface area contributed by atoms with Gasteiger partial charge >= 0.3 is 0 Å². The number of hydrogen-bond donors (Lipinski definition) is 1. The summed E-state index contributed by atoms with van der Waals surface area (Å²) in [4.78, 5) is 0. The molecule has 21 heavy (non-hydrogen) atoms. The number of nitrogens with one attached hydrogen (secondary N) is 1. The predicted molar refractivity (Wildman–Crippen MR) is 88.4 cm³/mol. The largest absolute Gasteiger partial charge is 0.315 e. The number of hydrogen-bond acceptors (Lipinski definition) is 3. The summed E-state index contributed by atoms with van der Waals surface area (Å²) in [6.07, 6.45) is 2.72. The quantitative estimate of drug-likeness (QED) is 0.706. The summed E-state index contributed by atoms with van der Waals surface area (Å²) >= 11 is 0. The molecule has 0 spiro atoms. The topological polar surface area (TPSA) is 52.7 Å². The number of rotatable bonds is 9. The summed E-state index contributed by atoms with van der Waals surface area (Å²) in [7, 11) is -1.62. The van der Waals surface area contributed by atoms with E-state index in [2.05, 4.69) is 33.0 Å². The zero-order chi connectivity index (χ0) is 16.0. The van der Waals surface area contributed by atoms with Crippen LogP contribution in [0.1, 0.15) is 47.0 Å². The van der Waals surface area contributed by atoms with Gasteiger partial charge in [0.15, 0.2) is 0 Å². The van der Waals surface area contributed by atoms with E-state index in [4.69, 9.17) is 0 Å². The first-order valence-electron chi connectivity index (χ1n) is 8.19. The molecular formula is C15H33N3O2S. The SMILES string of the molecule is CC(C)CCN(CCC(C)C)S(=O)(=O)N(C)C1CCNC1. The highest BCUT2D eigenvalue weighted by molar-refractivity contribution is 7.86. The van der Waals surface area contributed by atoms with E-state index in [0.29, 0.717) is 24.9 Å². The van der Waals surface area contributed by atoms with Crippen LogP contribution in [0.3, 0.4) is 0 Å². The molecule has 0 saturated carbocycles. The second-order valence-corrected chi connectivity index (χ2v) is 8.92. The van der Waals surface area contributed by atoms with Crippen molar-refractivity contribution in [2.75, 3.05) is 33.2 Å². The Balaban J connectivity index is 2.76. The van der Waals surface area contributed by atoms with Gasteiger partial charge in [0.1, 0.15) is 0 Å². The second kappa shape index (κ2) is 8.46. The Hall–Kier alpha value is -0.170. The van der Waals surface area contributed by atoms with Crippen LogP contribution in [0, 0.1) is 11.8 Å². The van der Waals surface area contributed by atoms with Crippen molar-refractivity contribution in [3.63, 3.8) is 0 Å². The van der Waals surface area contributed by atoms with E-state index < -0.39 is 10.2 Å². The van der Waals surface area contributed by atoms with Crippen molar-refractivity contribution in [3.8, 4) is 0 Å². The Morgan fingerprint density at radius 2 is 1.62 bits per heavy atom. The lowest BCUT2D eigenvalue weighted by atomic mass is 10.1. The molecule has 1 N–H and O–H groups in total. The van der Waals surface area contributed by atoms with Gasteiger partial charge in [-0.2, -0.15) is 17.0 Å². The highest BCUT2D eigenvalue weighted by Crippen LogP contribution is 2.17. The summed E-state index contributed by atoms with van der Waals surface area (Å²) in [5, 5.41) is 3.24. The van der Waals surface area contributed by atoms with Crippen LogP contribution in [0.5, 0.6) is 0 Å². The van der Waals surface area contributed by atoms with Gasteiger partial charge in [-0.25, -0.2) is 0 Å². The Morgan fingerprint density at radius 3 is 2.00 bits per heavy atom. The molecule has 1 saturated heterocycles. The number of nitrogens with zero attached hydrogens (tertiary/aromatic N) is 2. The van der Waals surface area contributed by atoms with Crippen molar-refractivity contribution in [3.05, 3.63) is 0 Å². The van der Waals surface area contributed by atoms with E-state index >= 15 is 0 Å². The maximum Gasteiger partial charge on any atom is 0.282 e. The van der Waals surface area contributed by atoms with Crippen LogP contribution in [-0.2, 0) is 10.2 Å². The van der Waals surface area contributed by atoms with Crippen molar-refractivity contribution >= 4 is 10.2 Å². The van der Waals surface area contributed by atoms with Gasteiger partial charge < -0.3 is 5.32 Å². The minimum atomic E-state index is -3.35. The average Bonchev–Trinajstić information content (AvgIpc) is 2.90. The van der Waals surface area contributed by atoms with Crippen molar-refractivity contribution in [2.45, 2.75) is 53.0 Å².